The highest BCUT2D eigenvalue weighted by Gasteiger charge is 2.26. The molecule has 0 bridgehead atoms. The van der Waals surface area contributed by atoms with Crippen molar-refractivity contribution in [3.8, 4) is 0 Å². The topological polar surface area (TPSA) is 66.5 Å². The molecule has 5 nitrogen and oxygen atoms in total. The Morgan fingerprint density at radius 2 is 1.89 bits per heavy atom. The van der Waals surface area contributed by atoms with Gasteiger partial charge in [-0.15, -0.1) is 0 Å². The van der Waals surface area contributed by atoms with Crippen molar-refractivity contribution in [2.24, 2.45) is 5.92 Å². The molecule has 2 aromatic rings. The molecule has 1 aliphatic heterocycles. The largest absolute Gasteiger partial charge is 0.339 e. The number of piperidine rings is 1. The summed E-state index contributed by atoms with van der Waals surface area (Å²) in [5.41, 5.74) is 0.695. The van der Waals surface area contributed by atoms with E-state index in [4.69, 9.17) is 11.6 Å². The van der Waals surface area contributed by atoms with E-state index in [1.165, 1.54) is 18.2 Å². The van der Waals surface area contributed by atoms with Gasteiger partial charge in [-0.05, 0) is 55.5 Å². The molecule has 3 rings (SSSR count). The molecule has 2 aromatic carbocycles. The molecule has 150 valence electrons. The van der Waals surface area contributed by atoms with Gasteiger partial charge in [-0.2, -0.15) is 0 Å². The van der Waals surface area contributed by atoms with Crippen LogP contribution < -0.4 is 4.72 Å². The fourth-order valence-corrected chi connectivity index (χ4v) is 4.94. The van der Waals surface area contributed by atoms with E-state index in [2.05, 4.69) is 4.72 Å². The first-order chi connectivity index (χ1) is 13.3. The Morgan fingerprint density at radius 3 is 2.57 bits per heavy atom. The number of hydrogen-bond acceptors (Lipinski definition) is 3. The summed E-state index contributed by atoms with van der Waals surface area (Å²) >= 11 is 5.92. The number of rotatable bonds is 5. The predicted molar refractivity (Wildman–Crippen MR) is 106 cm³/mol. The van der Waals surface area contributed by atoms with Gasteiger partial charge in [0.25, 0.3) is 5.91 Å². The third-order valence-corrected chi connectivity index (χ3v) is 6.81. The van der Waals surface area contributed by atoms with Crippen LogP contribution in [0.25, 0.3) is 0 Å². The Balaban J connectivity index is 1.57. The monoisotopic (exact) mass is 424 g/mol. The Labute approximate surface area is 169 Å². The van der Waals surface area contributed by atoms with Crippen molar-refractivity contribution in [2.75, 3.05) is 19.6 Å². The van der Waals surface area contributed by atoms with Crippen molar-refractivity contribution in [3.63, 3.8) is 0 Å². The number of aryl methyl sites for hydroxylation is 1. The molecule has 0 radical (unpaired) electrons. The lowest BCUT2D eigenvalue weighted by Gasteiger charge is -2.32. The first-order valence-electron chi connectivity index (χ1n) is 9.07. The molecule has 0 aliphatic carbocycles. The zero-order valence-electron chi connectivity index (χ0n) is 15.5. The SMILES string of the molecule is Cc1ccc(Cl)cc1S(=O)(=O)NCC1CCN(C(=O)c2ccccc2F)CC1. The lowest BCUT2D eigenvalue weighted by molar-refractivity contribution is 0.0687. The second kappa shape index (κ2) is 8.59. The lowest BCUT2D eigenvalue weighted by atomic mass is 9.96. The van der Waals surface area contributed by atoms with Gasteiger partial charge in [-0.25, -0.2) is 17.5 Å². The average Bonchev–Trinajstić information content (AvgIpc) is 2.68. The zero-order chi connectivity index (χ0) is 20.3. The van der Waals surface area contributed by atoms with Gasteiger partial charge in [-0.3, -0.25) is 4.79 Å². The lowest BCUT2D eigenvalue weighted by Crippen LogP contribution is -2.41. The Kier molecular flexibility index (Phi) is 6.37. The second-order valence-electron chi connectivity index (χ2n) is 6.98. The number of nitrogens with zero attached hydrogens (tertiary/aromatic N) is 1. The van der Waals surface area contributed by atoms with Gasteiger partial charge < -0.3 is 4.90 Å². The summed E-state index contributed by atoms with van der Waals surface area (Å²) < 4.78 is 41.6. The van der Waals surface area contributed by atoms with Crippen molar-refractivity contribution < 1.29 is 17.6 Å². The average molecular weight is 425 g/mol. The molecule has 0 saturated carbocycles. The van der Waals surface area contributed by atoms with E-state index >= 15 is 0 Å². The quantitative estimate of drug-likeness (QED) is 0.797. The smallest absolute Gasteiger partial charge is 0.256 e. The van der Waals surface area contributed by atoms with E-state index in [0.717, 1.165) is 0 Å². The van der Waals surface area contributed by atoms with Gasteiger partial charge in [0.15, 0.2) is 0 Å². The summed E-state index contributed by atoms with van der Waals surface area (Å²) in [6.07, 6.45) is 1.30. The van der Waals surface area contributed by atoms with Crippen LogP contribution in [0.4, 0.5) is 4.39 Å². The number of benzene rings is 2. The van der Waals surface area contributed by atoms with Crippen LogP contribution in [0.1, 0.15) is 28.8 Å². The summed E-state index contributed by atoms with van der Waals surface area (Å²) in [5, 5.41) is 0.367. The molecule has 0 unspecified atom stereocenters. The highest BCUT2D eigenvalue weighted by Crippen LogP contribution is 2.22. The van der Waals surface area contributed by atoms with E-state index in [9.17, 15) is 17.6 Å². The molecule has 1 saturated heterocycles. The molecular formula is C20H22ClFN2O3S. The van der Waals surface area contributed by atoms with Gasteiger partial charge in [0.2, 0.25) is 10.0 Å². The number of carbonyl (C=O) groups excluding carboxylic acids is 1. The minimum Gasteiger partial charge on any atom is -0.339 e. The Hall–Kier alpha value is -1.96. The molecule has 1 fully saturated rings. The molecule has 1 N–H and O–H groups in total. The van der Waals surface area contributed by atoms with E-state index in [-0.39, 0.29) is 28.8 Å². The van der Waals surface area contributed by atoms with E-state index in [1.807, 2.05) is 0 Å². The third kappa shape index (κ3) is 4.71. The number of halogens is 2. The summed E-state index contributed by atoms with van der Waals surface area (Å²) in [5.74, 6) is -0.745. The van der Waals surface area contributed by atoms with Crippen molar-refractivity contribution in [1.29, 1.82) is 0 Å². The standard InChI is InChI=1S/C20H22ClFN2O3S/c1-14-6-7-16(21)12-19(14)28(26,27)23-13-15-8-10-24(11-9-15)20(25)17-4-2-3-5-18(17)22/h2-7,12,15,23H,8-11,13H2,1H3. The summed E-state index contributed by atoms with van der Waals surface area (Å²) in [6.45, 7) is 2.94. The maximum atomic E-state index is 13.8. The fraction of sp³-hybridized carbons (Fsp3) is 0.350. The maximum absolute atomic E-state index is 13.8. The first-order valence-corrected chi connectivity index (χ1v) is 10.9. The number of amides is 1. The molecule has 0 spiro atoms. The molecule has 0 aromatic heterocycles. The van der Waals surface area contributed by atoms with Gasteiger partial charge in [-0.1, -0.05) is 29.8 Å². The first kappa shape index (κ1) is 20.8. The van der Waals surface area contributed by atoms with E-state index in [0.29, 0.717) is 36.5 Å². The molecule has 1 amide bonds. The van der Waals surface area contributed by atoms with Crippen molar-refractivity contribution >= 4 is 27.5 Å². The highest BCUT2D eigenvalue weighted by atomic mass is 35.5. The van der Waals surface area contributed by atoms with Crippen LogP contribution in [0.5, 0.6) is 0 Å². The summed E-state index contributed by atoms with van der Waals surface area (Å²) in [4.78, 5) is 14.2. The van der Waals surface area contributed by atoms with E-state index < -0.39 is 15.8 Å². The second-order valence-corrected chi connectivity index (χ2v) is 9.15. The van der Waals surface area contributed by atoms with Gasteiger partial charge in [0, 0.05) is 24.7 Å². The van der Waals surface area contributed by atoms with Crippen LogP contribution in [-0.4, -0.2) is 38.9 Å². The number of nitrogens with one attached hydrogen (secondary N) is 1. The minimum absolute atomic E-state index is 0.0677. The van der Waals surface area contributed by atoms with Crippen LogP contribution in [0, 0.1) is 18.7 Å². The van der Waals surface area contributed by atoms with Gasteiger partial charge >= 0.3 is 0 Å². The minimum atomic E-state index is -3.66. The molecule has 1 aliphatic rings. The highest BCUT2D eigenvalue weighted by molar-refractivity contribution is 7.89. The number of hydrogen-bond donors (Lipinski definition) is 1. The maximum Gasteiger partial charge on any atom is 0.256 e. The van der Waals surface area contributed by atoms with Crippen molar-refractivity contribution in [3.05, 3.63) is 64.4 Å². The van der Waals surface area contributed by atoms with Gasteiger partial charge in [0.05, 0.1) is 10.5 Å². The number of sulfonamides is 1. The van der Waals surface area contributed by atoms with Crippen LogP contribution in [0.2, 0.25) is 5.02 Å². The van der Waals surface area contributed by atoms with Crippen molar-refractivity contribution in [2.45, 2.75) is 24.7 Å². The Morgan fingerprint density at radius 1 is 1.21 bits per heavy atom. The summed E-state index contributed by atoms with van der Waals surface area (Å²) in [7, 11) is -3.66. The van der Waals surface area contributed by atoms with Gasteiger partial charge in [0.1, 0.15) is 5.82 Å². The van der Waals surface area contributed by atoms with Crippen LogP contribution in [0.15, 0.2) is 47.4 Å². The van der Waals surface area contributed by atoms with Crippen LogP contribution >= 0.6 is 11.6 Å². The third-order valence-electron chi connectivity index (χ3n) is 5.01. The van der Waals surface area contributed by atoms with Crippen molar-refractivity contribution in [1.82, 2.24) is 9.62 Å². The normalized spacial score (nSPS) is 15.6. The predicted octanol–water partition coefficient (Wildman–Crippen LogP) is 3.62. The number of likely N-dealkylation sites (tertiary alicyclic amines) is 1. The van der Waals surface area contributed by atoms with Crippen LogP contribution in [0.3, 0.4) is 0 Å². The Bertz CT molecular complexity index is 973. The van der Waals surface area contributed by atoms with E-state index in [1.54, 1.807) is 36.1 Å². The zero-order valence-corrected chi connectivity index (χ0v) is 17.1. The number of carbonyl (C=O) groups is 1. The van der Waals surface area contributed by atoms with Crippen LogP contribution in [-0.2, 0) is 10.0 Å². The molecule has 0 atom stereocenters. The molecule has 8 heteroatoms. The fourth-order valence-electron chi connectivity index (χ4n) is 3.31. The molecule has 28 heavy (non-hydrogen) atoms. The summed E-state index contributed by atoms with van der Waals surface area (Å²) in [6, 6.07) is 10.7. The molecule has 1 heterocycles. The molecular weight excluding hydrogens is 403 g/mol.